The average Bonchev–Trinajstić information content (AvgIpc) is 2.46. The third-order valence-electron chi connectivity index (χ3n) is 3.34. The van der Waals surface area contributed by atoms with Gasteiger partial charge in [0.1, 0.15) is 11.6 Å². The normalized spacial score (nSPS) is 12.4. The molecule has 1 unspecified atom stereocenters. The van der Waals surface area contributed by atoms with Gasteiger partial charge in [-0.15, -0.1) is 0 Å². The molecular formula is C17H18ClF2N. The van der Waals surface area contributed by atoms with Crippen molar-refractivity contribution in [2.45, 2.75) is 25.8 Å². The van der Waals surface area contributed by atoms with Gasteiger partial charge in [-0.2, -0.15) is 0 Å². The first-order valence-corrected chi connectivity index (χ1v) is 7.41. The van der Waals surface area contributed by atoms with Crippen LogP contribution in [-0.2, 0) is 6.42 Å². The molecule has 1 atom stereocenters. The van der Waals surface area contributed by atoms with Crippen LogP contribution in [0.4, 0.5) is 8.78 Å². The molecule has 0 saturated carbocycles. The Kier molecular flexibility index (Phi) is 5.71. The first-order valence-electron chi connectivity index (χ1n) is 7.03. The van der Waals surface area contributed by atoms with Crippen LogP contribution >= 0.6 is 11.6 Å². The van der Waals surface area contributed by atoms with E-state index < -0.39 is 0 Å². The van der Waals surface area contributed by atoms with Gasteiger partial charge in [-0.25, -0.2) is 8.78 Å². The molecule has 0 fully saturated rings. The van der Waals surface area contributed by atoms with Gasteiger partial charge < -0.3 is 5.32 Å². The molecule has 0 aliphatic carbocycles. The molecule has 2 aromatic rings. The zero-order valence-corrected chi connectivity index (χ0v) is 12.6. The Hall–Kier alpha value is -1.45. The third-order valence-corrected chi connectivity index (χ3v) is 3.67. The molecule has 1 N–H and O–H groups in total. The molecule has 0 saturated heterocycles. The fourth-order valence-electron chi connectivity index (χ4n) is 2.29. The van der Waals surface area contributed by atoms with Gasteiger partial charge in [-0.3, -0.25) is 0 Å². The van der Waals surface area contributed by atoms with Crippen LogP contribution in [0.3, 0.4) is 0 Å². The summed E-state index contributed by atoms with van der Waals surface area (Å²) in [6, 6.07) is 10.7. The van der Waals surface area contributed by atoms with Crippen LogP contribution in [-0.4, -0.2) is 6.54 Å². The van der Waals surface area contributed by atoms with Crippen LogP contribution < -0.4 is 5.32 Å². The molecule has 0 aliphatic rings. The lowest BCUT2D eigenvalue weighted by Gasteiger charge is -2.21. The van der Waals surface area contributed by atoms with E-state index in [1.807, 2.05) is 6.92 Å². The van der Waals surface area contributed by atoms with Crippen molar-refractivity contribution >= 4 is 11.6 Å². The van der Waals surface area contributed by atoms with Gasteiger partial charge >= 0.3 is 0 Å². The minimum absolute atomic E-state index is 0.232. The van der Waals surface area contributed by atoms with Crippen LogP contribution in [0.25, 0.3) is 0 Å². The number of halogens is 3. The van der Waals surface area contributed by atoms with Crippen molar-refractivity contribution in [3.8, 4) is 0 Å². The van der Waals surface area contributed by atoms with E-state index in [0.29, 0.717) is 17.0 Å². The third kappa shape index (κ3) is 4.26. The predicted molar refractivity (Wildman–Crippen MR) is 82.5 cm³/mol. The van der Waals surface area contributed by atoms with Crippen molar-refractivity contribution in [1.82, 2.24) is 5.32 Å². The Morgan fingerprint density at radius 2 is 1.81 bits per heavy atom. The number of hydrogen-bond donors (Lipinski definition) is 1. The van der Waals surface area contributed by atoms with Crippen LogP contribution in [0.15, 0.2) is 42.5 Å². The van der Waals surface area contributed by atoms with E-state index in [4.69, 9.17) is 11.6 Å². The Morgan fingerprint density at radius 3 is 2.43 bits per heavy atom. The Balaban J connectivity index is 2.27. The van der Waals surface area contributed by atoms with Gasteiger partial charge in [0.05, 0.1) is 0 Å². The minimum atomic E-state index is -0.321. The second-order valence-electron chi connectivity index (χ2n) is 4.97. The van der Waals surface area contributed by atoms with Crippen molar-refractivity contribution in [3.05, 3.63) is 70.2 Å². The summed E-state index contributed by atoms with van der Waals surface area (Å²) in [4.78, 5) is 0. The van der Waals surface area contributed by atoms with Gasteiger partial charge in [0, 0.05) is 16.6 Å². The summed E-state index contributed by atoms with van der Waals surface area (Å²) in [6.45, 7) is 2.81. The first kappa shape index (κ1) is 15.9. The van der Waals surface area contributed by atoms with E-state index in [0.717, 1.165) is 18.5 Å². The lowest BCUT2D eigenvalue weighted by molar-refractivity contribution is 0.497. The zero-order valence-electron chi connectivity index (χ0n) is 11.9. The molecule has 0 amide bonds. The van der Waals surface area contributed by atoms with Crippen LogP contribution in [0.1, 0.15) is 30.5 Å². The maximum atomic E-state index is 14.1. The fraction of sp³-hybridized carbons (Fsp3) is 0.294. The summed E-state index contributed by atoms with van der Waals surface area (Å²) >= 11 is 6.15. The highest BCUT2D eigenvalue weighted by Gasteiger charge is 2.19. The molecule has 2 rings (SSSR count). The maximum absolute atomic E-state index is 14.1. The van der Waals surface area contributed by atoms with Crippen LogP contribution in [0.2, 0.25) is 5.02 Å². The van der Waals surface area contributed by atoms with E-state index in [1.165, 1.54) is 18.2 Å². The number of benzene rings is 2. The van der Waals surface area contributed by atoms with Gasteiger partial charge in [0.15, 0.2) is 0 Å². The summed E-state index contributed by atoms with van der Waals surface area (Å²) in [5, 5.41) is 3.72. The molecule has 1 nitrogen and oxygen atoms in total. The quantitative estimate of drug-likeness (QED) is 0.800. The molecule has 2 aromatic carbocycles. The Bertz CT molecular complexity index is 564. The van der Waals surface area contributed by atoms with E-state index in [2.05, 4.69) is 5.32 Å². The lowest BCUT2D eigenvalue weighted by atomic mass is 9.98. The molecule has 112 valence electrons. The number of nitrogens with one attached hydrogen (secondary N) is 1. The molecule has 4 heteroatoms. The van der Waals surface area contributed by atoms with E-state index in [9.17, 15) is 8.78 Å². The van der Waals surface area contributed by atoms with Crippen molar-refractivity contribution in [2.24, 2.45) is 0 Å². The minimum Gasteiger partial charge on any atom is -0.310 e. The van der Waals surface area contributed by atoms with Gasteiger partial charge in [-0.1, -0.05) is 36.7 Å². The first-order chi connectivity index (χ1) is 10.1. The largest absolute Gasteiger partial charge is 0.310 e. The molecule has 0 heterocycles. The highest BCUT2D eigenvalue weighted by Crippen LogP contribution is 2.28. The second-order valence-corrected chi connectivity index (χ2v) is 5.38. The van der Waals surface area contributed by atoms with E-state index >= 15 is 0 Å². The number of rotatable bonds is 6. The molecule has 0 spiro atoms. The Morgan fingerprint density at radius 1 is 1.10 bits per heavy atom. The van der Waals surface area contributed by atoms with Crippen LogP contribution in [0.5, 0.6) is 0 Å². The van der Waals surface area contributed by atoms with E-state index in [-0.39, 0.29) is 17.7 Å². The topological polar surface area (TPSA) is 12.0 Å². The maximum Gasteiger partial charge on any atom is 0.129 e. The fourth-order valence-corrected chi connectivity index (χ4v) is 2.59. The highest BCUT2D eigenvalue weighted by atomic mass is 35.5. The predicted octanol–water partition coefficient (Wildman–Crippen LogP) is 4.90. The van der Waals surface area contributed by atoms with Gasteiger partial charge in [0.25, 0.3) is 0 Å². The summed E-state index contributed by atoms with van der Waals surface area (Å²) in [6.07, 6.45) is 1.49. The summed E-state index contributed by atoms with van der Waals surface area (Å²) in [7, 11) is 0. The van der Waals surface area contributed by atoms with Crippen molar-refractivity contribution < 1.29 is 8.78 Å². The molecule has 0 aliphatic heterocycles. The van der Waals surface area contributed by atoms with Gasteiger partial charge in [-0.05, 0) is 49.2 Å². The zero-order chi connectivity index (χ0) is 15.2. The van der Waals surface area contributed by atoms with Crippen molar-refractivity contribution in [3.63, 3.8) is 0 Å². The molecule has 0 aromatic heterocycles. The van der Waals surface area contributed by atoms with E-state index in [1.54, 1.807) is 24.3 Å². The average molecular weight is 310 g/mol. The van der Waals surface area contributed by atoms with Crippen LogP contribution in [0, 0.1) is 11.6 Å². The SMILES string of the molecule is CCCNC(Cc1ccc(F)cc1)c1c(F)cccc1Cl. The summed E-state index contributed by atoms with van der Waals surface area (Å²) < 4.78 is 27.1. The molecule has 0 bridgehead atoms. The summed E-state index contributed by atoms with van der Waals surface area (Å²) in [5.41, 5.74) is 1.40. The second kappa shape index (κ2) is 7.53. The number of hydrogen-bond acceptors (Lipinski definition) is 1. The van der Waals surface area contributed by atoms with Crippen molar-refractivity contribution in [1.29, 1.82) is 0 Å². The smallest absolute Gasteiger partial charge is 0.129 e. The molecule has 21 heavy (non-hydrogen) atoms. The molecule has 0 radical (unpaired) electrons. The van der Waals surface area contributed by atoms with Gasteiger partial charge in [0.2, 0.25) is 0 Å². The standard InChI is InChI=1S/C17H18ClF2N/c1-2-10-21-16(11-12-6-8-13(19)9-7-12)17-14(18)4-3-5-15(17)20/h3-9,16,21H,2,10-11H2,1H3. The monoisotopic (exact) mass is 309 g/mol. The highest BCUT2D eigenvalue weighted by molar-refractivity contribution is 6.31. The Labute approximate surface area is 128 Å². The summed E-state index contributed by atoms with van der Waals surface area (Å²) in [5.74, 6) is -0.598. The lowest BCUT2D eigenvalue weighted by Crippen LogP contribution is -2.25. The van der Waals surface area contributed by atoms with Crippen molar-refractivity contribution in [2.75, 3.05) is 6.54 Å². The molecular weight excluding hydrogens is 292 g/mol.